The number of halogens is 1. The second-order valence-electron chi connectivity index (χ2n) is 6.36. The molecule has 2 aliphatic heterocycles. The number of hydrogen-bond acceptors (Lipinski definition) is 5. The minimum absolute atomic E-state index is 0.00980. The number of morpholine rings is 1. The maximum absolute atomic E-state index is 12.4. The van der Waals surface area contributed by atoms with Crippen molar-refractivity contribution in [3.8, 4) is 0 Å². The molecule has 8 heteroatoms. The van der Waals surface area contributed by atoms with Crippen LogP contribution in [0.4, 0.5) is 5.69 Å². The summed E-state index contributed by atoms with van der Waals surface area (Å²) in [6.07, 6.45) is 1.72. The Bertz CT molecular complexity index is 750. The summed E-state index contributed by atoms with van der Waals surface area (Å²) in [4.78, 5) is 30.9. The van der Waals surface area contributed by atoms with Crippen molar-refractivity contribution in [3.63, 3.8) is 0 Å². The highest BCUT2D eigenvalue weighted by atomic mass is 79.9. The molecule has 0 unspecified atom stereocenters. The first-order chi connectivity index (χ1) is 11.9. The number of anilines is 1. The summed E-state index contributed by atoms with van der Waals surface area (Å²) in [6.45, 7) is 2.36. The van der Waals surface area contributed by atoms with Gasteiger partial charge in [0.15, 0.2) is 4.61 Å². The Morgan fingerprint density at radius 3 is 2.52 bits per heavy atom. The van der Waals surface area contributed by atoms with E-state index in [2.05, 4.69) is 26.2 Å². The lowest BCUT2D eigenvalue weighted by atomic mass is 10.1. The molecule has 2 aliphatic rings. The SMILES string of the molecule is C[N+]1(C)C=C(Br)N=C(Nc2ccc(C(=O)N3CCOCC3)cc2)C1=O. The van der Waals surface area contributed by atoms with Crippen LogP contribution in [-0.4, -0.2) is 67.4 Å². The van der Waals surface area contributed by atoms with Gasteiger partial charge in [-0.15, -0.1) is 0 Å². The van der Waals surface area contributed by atoms with E-state index in [0.29, 0.717) is 42.2 Å². The van der Waals surface area contributed by atoms with Crippen molar-refractivity contribution in [1.82, 2.24) is 4.90 Å². The van der Waals surface area contributed by atoms with Crippen molar-refractivity contribution in [3.05, 3.63) is 40.6 Å². The summed E-state index contributed by atoms with van der Waals surface area (Å²) in [5.74, 6) is 0.104. The Hall–Kier alpha value is -2.03. The van der Waals surface area contributed by atoms with Crippen LogP contribution in [0.5, 0.6) is 0 Å². The lowest BCUT2D eigenvalue weighted by Gasteiger charge is -2.27. The zero-order valence-electron chi connectivity index (χ0n) is 14.2. The number of carbonyl (C=O) groups is 2. The van der Waals surface area contributed by atoms with E-state index >= 15 is 0 Å². The zero-order chi connectivity index (χ0) is 18.0. The van der Waals surface area contributed by atoms with Gasteiger partial charge in [-0.2, -0.15) is 0 Å². The molecule has 1 aromatic carbocycles. The molecule has 25 heavy (non-hydrogen) atoms. The monoisotopic (exact) mass is 407 g/mol. The third kappa shape index (κ3) is 3.97. The van der Waals surface area contributed by atoms with E-state index in [1.165, 1.54) is 0 Å². The lowest BCUT2D eigenvalue weighted by Crippen LogP contribution is -2.49. The van der Waals surface area contributed by atoms with E-state index in [1.807, 2.05) is 0 Å². The van der Waals surface area contributed by atoms with Crippen molar-refractivity contribution >= 4 is 39.3 Å². The van der Waals surface area contributed by atoms with Crippen LogP contribution in [0.3, 0.4) is 0 Å². The first-order valence-corrected chi connectivity index (χ1v) is 8.76. The molecule has 1 fully saturated rings. The highest BCUT2D eigenvalue weighted by Crippen LogP contribution is 2.20. The second-order valence-corrected chi connectivity index (χ2v) is 7.18. The molecule has 0 saturated carbocycles. The summed E-state index contributed by atoms with van der Waals surface area (Å²) in [5, 5.41) is 3.03. The van der Waals surface area contributed by atoms with Gasteiger partial charge in [-0.3, -0.25) is 4.79 Å². The average Bonchev–Trinajstić information content (AvgIpc) is 2.60. The van der Waals surface area contributed by atoms with Crippen molar-refractivity contribution in [1.29, 1.82) is 0 Å². The van der Waals surface area contributed by atoms with Crippen molar-refractivity contribution < 1.29 is 18.8 Å². The fourth-order valence-corrected chi connectivity index (χ4v) is 3.33. The normalized spacial score (nSPS) is 20.0. The van der Waals surface area contributed by atoms with Gasteiger partial charge < -0.3 is 15.0 Å². The minimum atomic E-state index is -0.142. The number of aliphatic imine (C=N–C) groups is 1. The quantitative estimate of drug-likeness (QED) is 0.599. The van der Waals surface area contributed by atoms with Gasteiger partial charge in [0.05, 0.1) is 27.3 Å². The minimum Gasteiger partial charge on any atom is -0.378 e. The molecule has 2 heterocycles. The third-order valence-corrected chi connectivity index (χ3v) is 4.45. The zero-order valence-corrected chi connectivity index (χ0v) is 15.7. The summed E-state index contributed by atoms with van der Waals surface area (Å²) in [5.41, 5.74) is 1.31. The molecule has 0 atom stereocenters. The number of carbonyl (C=O) groups excluding carboxylic acids is 2. The second kappa shape index (κ2) is 7.07. The fraction of sp³-hybridized carbons (Fsp3) is 0.353. The predicted octanol–water partition coefficient (Wildman–Crippen LogP) is 1.78. The summed E-state index contributed by atoms with van der Waals surface area (Å²) in [7, 11) is 3.56. The van der Waals surface area contributed by atoms with E-state index < -0.39 is 0 Å². The van der Waals surface area contributed by atoms with Crippen LogP contribution in [0.1, 0.15) is 10.4 Å². The van der Waals surface area contributed by atoms with Gasteiger partial charge in [0.25, 0.3) is 5.91 Å². The van der Waals surface area contributed by atoms with E-state index in [9.17, 15) is 9.59 Å². The number of benzene rings is 1. The Kier molecular flexibility index (Phi) is 5.03. The molecule has 7 nitrogen and oxygen atoms in total. The average molecular weight is 408 g/mol. The van der Waals surface area contributed by atoms with Gasteiger partial charge in [0, 0.05) is 24.3 Å². The van der Waals surface area contributed by atoms with Crippen LogP contribution in [-0.2, 0) is 9.53 Å². The topological polar surface area (TPSA) is 71.0 Å². The Balaban J connectivity index is 1.72. The van der Waals surface area contributed by atoms with Crippen LogP contribution < -0.4 is 5.32 Å². The number of ether oxygens (including phenoxy) is 1. The molecule has 3 rings (SSSR count). The van der Waals surface area contributed by atoms with Gasteiger partial charge in [0.1, 0.15) is 6.20 Å². The molecule has 0 radical (unpaired) electrons. The van der Waals surface area contributed by atoms with E-state index in [4.69, 9.17) is 4.74 Å². The van der Waals surface area contributed by atoms with Crippen LogP contribution >= 0.6 is 15.9 Å². The van der Waals surface area contributed by atoms with Gasteiger partial charge in [-0.1, -0.05) is 0 Å². The van der Waals surface area contributed by atoms with Gasteiger partial charge in [-0.05, 0) is 40.2 Å². The molecule has 0 aromatic heterocycles. The largest absolute Gasteiger partial charge is 0.385 e. The molecule has 1 saturated heterocycles. The molecule has 0 aliphatic carbocycles. The highest BCUT2D eigenvalue weighted by Gasteiger charge is 2.34. The van der Waals surface area contributed by atoms with Crippen molar-refractivity contribution in [2.45, 2.75) is 0 Å². The summed E-state index contributed by atoms with van der Waals surface area (Å²) in [6, 6.07) is 7.04. The van der Waals surface area contributed by atoms with E-state index in [1.54, 1.807) is 49.5 Å². The smallest absolute Gasteiger partial charge is 0.378 e. The number of amides is 2. The standard InChI is InChI=1S/C17H19BrN4O3/c1-22(2)11-14(18)20-15(17(22)24)19-13-5-3-12(4-6-13)16(23)21-7-9-25-10-8-21/h3-6,11H,7-10H2,1-2H3/p+1. The fourth-order valence-electron chi connectivity index (χ4n) is 2.64. The molecule has 1 N–H and O–H groups in total. The third-order valence-electron chi connectivity index (χ3n) is 4.07. The van der Waals surface area contributed by atoms with Gasteiger partial charge in [0.2, 0.25) is 5.84 Å². The number of amidine groups is 1. The summed E-state index contributed by atoms with van der Waals surface area (Å²) < 4.78 is 5.93. The maximum atomic E-state index is 12.4. The molecule has 2 amide bonds. The number of nitrogens with one attached hydrogen (secondary N) is 1. The molecule has 0 bridgehead atoms. The van der Waals surface area contributed by atoms with E-state index in [-0.39, 0.29) is 22.1 Å². The molecular formula is C17H20BrN4O3+. The molecule has 1 aromatic rings. The highest BCUT2D eigenvalue weighted by molar-refractivity contribution is 9.11. The number of nitrogens with zero attached hydrogens (tertiary/aromatic N) is 3. The summed E-state index contributed by atoms with van der Waals surface area (Å²) >= 11 is 3.33. The first kappa shape index (κ1) is 17.8. The maximum Gasteiger partial charge on any atom is 0.385 e. The molecule has 0 spiro atoms. The van der Waals surface area contributed by atoms with Crippen LogP contribution in [0, 0.1) is 0 Å². The van der Waals surface area contributed by atoms with Gasteiger partial charge >= 0.3 is 5.91 Å². The first-order valence-electron chi connectivity index (χ1n) is 7.96. The van der Waals surface area contributed by atoms with E-state index in [0.717, 1.165) is 0 Å². The van der Waals surface area contributed by atoms with Crippen LogP contribution in [0.25, 0.3) is 0 Å². The molecular weight excluding hydrogens is 388 g/mol. The lowest BCUT2D eigenvalue weighted by molar-refractivity contribution is -0.755. The number of quaternary nitrogens is 1. The Labute approximate surface area is 154 Å². The van der Waals surface area contributed by atoms with Crippen molar-refractivity contribution in [2.75, 3.05) is 45.7 Å². The predicted molar refractivity (Wildman–Crippen MR) is 98.3 cm³/mol. The Morgan fingerprint density at radius 1 is 1.24 bits per heavy atom. The number of rotatable bonds is 2. The van der Waals surface area contributed by atoms with Crippen LogP contribution in [0.15, 0.2) is 40.1 Å². The number of hydrogen-bond donors (Lipinski definition) is 1. The molecule has 132 valence electrons. The number of likely N-dealkylation sites (N-methyl/N-ethyl adjacent to an activating group) is 1. The van der Waals surface area contributed by atoms with Crippen molar-refractivity contribution in [2.24, 2.45) is 4.99 Å². The van der Waals surface area contributed by atoms with Crippen LogP contribution in [0.2, 0.25) is 0 Å². The van der Waals surface area contributed by atoms with Gasteiger partial charge in [-0.25, -0.2) is 14.3 Å². The Morgan fingerprint density at radius 2 is 1.88 bits per heavy atom.